The Hall–Kier alpha value is -2.12. The van der Waals surface area contributed by atoms with Gasteiger partial charge in [0.05, 0.1) is 13.5 Å². The smallest absolute Gasteiger partial charge is 0.427 e. The van der Waals surface area contributed by atoms with E-state index in [0.29, 0.717) is 4.90 Å². The van der Waals surface area contributed by atoms with Crippen molar-refractivity contribution < 1.29 is 33.4 Å². The number of imide groups is 1. The molecule has 0 bridgehead atoms. The van der Waals surface area contributed by atoms with E-state index < -0.39 is 42.2 Å². The molecule has 106 valence electrons. The van der Waals surface area contributed by atoms with Gasteiger partial charge in [-0.15, -0.1) is 0 Å². The van der Waals surface area contributed by atoms with Gasteiger partial charge in [0.25, 0.3) is 0 Å². The van der Waals surface area contributed by atoms with Gasteiger partial charge in [-0.2, -0.15) is 4.90 Å². The molecule has 8 nitrogen and oxygen atoms in total. The molecule has 0 aromatic heterocycles. The van der Waals surface area contributed by atoms with Crippen LogP contribution < -0.4 is 0 Å². The Balaban J connectivity index is 2.98. The van der Waals surface area contributed by atoms with Gasteiger partial charge in [-0.3, -0.25) is 4.79 Å². The molecule has 8 heteroatoms. The quantitative estimate of drug-likeness (QED) is 0.396. The minimum atomic E-state index is -1.37. The van der Waals surface area contributed by atoms with Crippen LogP contribution in [-0.4, -0.2) is 47.8 Å². The van der Waals surface area contributed by atoms with Gasteiger partial charge in [-0.1, -0.05) is 0 Å². The second kappa shape index (κ2) is 5.25. The minimum absolute atomic E-state index is 0.443. The van der Waals surface area contributed by atoms with Crippen LogP contribution >= 0.6 is 0 Å². The third-order valence-electron chi connectivity index (χ3n) is 2.13. The number of methoxy groups -OCH3 is 1. The van der Waals surface area contributed by atoms with Crippen molar-refractivity contribution in [3.05, 3.63) is 0 Å². The van der Waals surface area contributed by atoms with Crippen LogP contribution in [0.3, 0.4) is 0 Å². The second-order valence-corrected chi connectivity index (χ2v) is 4.83. The molecule has 1 aliphatic rings. The highest BCUT2D eigenvalue weighted by Crippen LogP contribution is 2.20. The predicted molar refractivity (Wildman–Crippen MR) is 60.0 cm³/mol. The Morgan fingerprint density at radius 2 is 1.89 bits per heavy atom. The molecule has 0 saturated carbocycles. The number of amides is 2. The number of cyclic esters (lactones) is 2. The Morgan fingerprint density at radius 3 is 2.37 bits per heavy atom. The number of rotatable bonds is 1. The lowest BCUT2D eigenvalue weighted by molar-refractivity contribution is -0.156. The molecule has 1 heterocycles. The van der Waals surface area contributed by atoms with Crippen molar-refractivity contribution in [2.45, 2.75) is 38.8 Å². The summed E-state index contributed by atoms with van der Waals surface area (Å²) in [6, 6.07) is -1.37. The number of carbonyl (C=O) groups is 4. The Morgan fingerprint density at radius 1 is 1.32 bits per heavy atom. The van der Waals surface area contributed by atoms with E-state index in [1.807, 2.05) is 0 Å². The molecule has 1 rings (SSSR count). The lowest BCUT2D eigenvalue weighted by atomic mass is 10.1. The van der Waals surface area contributed by atoms with Gasteiger partial charge in [-0.05, 0) is 20.8 Å². The molecular weight excluding hydrogens is 258 g/mol. The van der Waals surface area contributed by atoms with Crippen molar-refractivity contribution in [1.82, 2.24) is 4.90 Å². The largest absolute Gasteiger partial charge is 0.467 e. The van der Waals surface area contributed by atoms with E-state index in [1.54, 1.807) is 20.8 Å². The maximum Gasteiger partial charge on any atom is 0.427 e. The molecule has 0 unspecified atom stereocenters. The van der Waals surface area contributed by atoms with Gasteiger partial charge in [0, 0.05) is 0 Å². The summed E-state index contributed by atoms with van der Waals surface area (Å²) in [5.74, 6) is -1.80. The molecule has 0 radical (unpaired) electrons. The summed E-state index contributed by atoms with van der Waals surface area (Å²) in [5.41, 5.74) is -0.862. The van der Waals surface area contributed by atoms with E-state index in [9.17, 15) is 19.2 Å². The minimum Gasteiger partial charge on any atom is -0.467 e. The van der Waals surface area contributed by atoms with Crippen LogP contribution in [0.4, 0.5) is 9.59 Å². The number of hydrogen-bond acceptors (Lipinski definition) is 7. The fourth-order valence-corrected chi connectivity index (χ4v) is 1.40. The summed E-state index contributed by atoms with van der Waals surface area (Å²) in [6.07, 6.45) is -2.78. The van der Waals surface area contributed by atoms with Gasteiger partial charge >= 0.3 is 24.1 Å². The zero-order chi connectivity index (χ0) is 14.8. The number of hydrogen-bond donors (Lipinski definition) is 0. The van der Waals surface area contributed by atoms with Crippen molar-refractivity contribution >= 4 is 24.1 Å². The van der Waals surface area contributed by atoms with Crippen LogP contribution in [0, 0.1) is 0 Å². The Labute approximate surface area is 109 Å². The Bertz CT molecular complexity index is 423. The first kappa shape index (κ1) is 14.9. The number of esters is 2. The summed E-state index contributed by atoms with van der Waals surface area (Å²) in [6.45, 7) is 4.79. The van der Waals surface area contributed by atoms with E-state index in [-0.39, 0.29) is 0 Å². The summed E-state index contributed by atoms with van der Waals surface area (Å²) >= 11 is 0. The zero-order valence-corrected chi connectivity index (χ0v) is 11.1. The molecule has 1 aliphatic heterocycles. The predicted octanol–water partition coefficient (Wildman–Crippen LogP) is 0.832. The normalized spacial score (nSPS) is 19.8. The van der Waals surface area contributed by atoms with Gasteiger partial charge in [-0.25, -0.2) is 14.4 Å². The molecule has 1 atom stereocenters. The van der Waals surface area contributed by atoms with Crippen molar-refractivity contribution in [2.24, 2.45) is 0 Å². The first-order chi connectivity index (χ1) is 8.65. The second-order valence-electron chi connectivity index (χ2n) is 4.83. The van der Waals surface area contributed by atoms with Gasteiger partial charge in [0.2, 0.25) is 0 Å². The first-order valence-electron chi connectivity index (χ1n) is 5.50. The summed E-state index contributed by atoms with van der Waals surface area (Å²) < 4.78 is 13.7. The summed E-state index contributed by atoms with van der Waals surface area (Å²) in [4.78, 5) is 46.5. The van der Waals surface area contributed by atoms with E-state index in [1.165, 1.54) is 0 Å². The lowest BCUT2D eigenvalue weighted by Gasteiger charge is -2.31. The van der Waals surface area contributed by atoms with Crippen LogP contribution in [0.1, 0.15) is 27.2 Å². The standard InChI is InChI=1S/C11H15NO7/c1-11(2,3)19-10(16)12-6(8(14)17-4)5-7(13)18-9(12)15/h6H,5H2,1-4H3/t6-/m0/s1. The highest BCUT2D eigenvalue weighted by Gasteiger charge is 2.45. The van der Waals surface area contributed by atoms with E-state index in [4.69, 9.17) is 4.74 Å². The first-order valence-corrected chi connectivity index (χ1v) is 5.50. The lowest BCUT2D eigenvalue weighted by Crippen LogP contribution is -2.55. The van der Waals surface area contributed by atoms with Crippen LogP contribution in [0.15, 0.2) is 0 Å². The number of nitrogens with zero attached hydrogens (tertiary/aromatic N) is 1. The Kier molecular flexibility index (Phi) is 4.13. The molecule has 1 fully saturated rings. The summed E-state index contributed by atoms with van der Waals surface area (Å²) in [5, 5.41) is 0. The molecular formula is C11H15NO7. The third kappa shape index (κ3) is 3.67. The molecule has 1 saturated heterocycles. The average Bonchev–Trinajstić information content (AvgIpc) is 2.24. The van der Waals surface area contributed by atoms with Gasteiger partial charge in [0.15, 0.2) is 6.04 Å². The van der Waals surface area contributed by atoms with E-state index in [0.717, 1.165) is 7.11 Å². The number of ether oxygens (including phenoxy) is 3. The molecule has 0 aromatic carbocycles. The number of carbonyl (C=O) groups excluding carboxylic acids is 4. The molecule has 0 N–H and O–H groups in total. The van der Waals surface area contributed by atoms with Crippen molar-refractivity contribution in [2.75, 3.05) is 7.11 Å². The van der Waals surface area contributed by atoms with Gasteiger partial charge < -0.3 is 14.2 Å². The SMILES string of the molecule is COC(=O)[C@@H]1CC(=O)OC(=O)N1C(=O)OC(C)(C)C. The average molecular weight is 273 g/mol. The zero-order valence-electron chi connectivity index (χ0n) is 11.1. The van der Waals surface area contributed by atoms with Crippen molar-refractivity contribution in [1.29, 1.82) is 0 Å². The maximum absolute atomic E-state index is 11.8. The van der Waals surface area contributed by atoms with Crippen molar-refractivity contribution in [3.8, 4) is 0 Å². The topological polar surface area (TPSA) is 99.2 Å². The van der Waals surface area contributed by atoms with E-state index >= 15 is 0 Å². The van der Waals surface area contributed by atoms with Crippen LogP contribution in [0.5, 0.6) is 0 Å². The monoisotopic (exact) mass is 273 g/mol. The third-order valence-corrected chi connectivity index (χ3v) is 2.13. The molecule has 0 aliphatic carbocycles. The van der Waals surface area contributed by atoms with Gasteiger partial charge in [0.1, 0.15) is 5.60 Å². The molecule has 19 heavy (non-hydrogen) atoms. The van der Waals surface area contributed by atoms with Crippen LogP contribution in [0.2, 0.25) is 0 Å². The highest BCUT2D eigenvalue weighted by molar-refractivity contribution is 6.02. The van der Waals surface area contributed by atoms with E-state index in [2.05, 4.69) is 9.47 Å². The highest BCUT2D eigenvalue weighted by atomic mass is 16.6. The van der Waals surface area contributed by atoms with Crippen molar-refractivity contribution in [3.63, 3.8) is 0 Å². The molecule has 0 spiro atoms. The molecule has 2 amide bonds. The maximum atomic E-state index is 11.8. The summed E-state index contributed by atoms with van der Waals surface area (Å²) in [7, 11) is 1.08. The fraction of sp³-hybridized carbons (Fsp3) is 0.636. The fourth-order valence-electron chi connectivity index (χ4n) is 1.40. The van der Waals surface area contributed by atoms with Crippen LogP contribution in [0.25, 0.3) is 0 Å². The molecule has 0 aromatic rings. The van der Waals surface area contributed by atoms with Crippen LogP contribution in [-0.2, 0) is 23.8 Å².